The van der Waals surface area contributed by atoms with Crippen LogP contribution in [-0.4, -0.2) is 15.9 Å². The number of carbonyl (C=O) groups is 1. The monoisotopic (exact) mass is 321 g/mol. The quantitative estimate of drug-likeness (QED) is 0.796. The van der Waals surface area contributed by atoms with Crippen LogP contribution in [0.3, 0.4) is 0 Å². The summed E-state index contributed by atoms with van der Waals surface area (Å²) in [6, 6.07) is 13.1. The molecule has 0 aliphatic heterocycles. The average Bonchev–Trinajstić information content (AvgIpc) is 2.63. The van der Waals surface area contributed by atoms with Crippen molar-refractivity contribution in [3.63, 3.8) is 0 Å². The summed E-state index contributed by atoms with van der Waals surface area (Å²) in [7, 11) is 0. The van der Waals surface area contributed by atoms with Gasteiger partial charge in [-0.2, -0.15) is 0 Å². The van der Waals surface area contributed by atoms with Crippen LogP contribution in [0.1, 0.15) is 28.9 Å². The summed E-state index contributed by atoms with van der Waals surface area (Å²) in [6.07, 6.45) is 4.95. The molecular formula is C19H16FN3O. The molecule has 0 saturated heterocycles. The maximum absolute atomic E-state index is 13.0. The number of hydrogen-bond donors (Lipinski definition) is 1. The van der Waals surface area contributed by atoms with Crippen LogP contribution >= 0.6 is 0 Å². The van der Waals surface area contributed by atoms with Gasteiger partial charge in [-0.3, -0.25) is 14.8 Å². The summed E-state index contributed by atoms with van der Waals surface area (Å²) in [4.78, 5) is 20.7. The average molecular weight is 321 g/mol. The largest absolute Gasteiger partial charge is 0.345 e. The highest BCUT2D eigenvalue weighted by Crippen LogP contribution is 2.17. The van der Waals surface area contributed by atoms with Crippen molar-refractivity contribution in [2.45, 2.75) is 13.0 Å². The molecule has 0 saturated carbocycles. The number of aromatic nitrogens is 2. The van der Waals surface area contributed by atoms with Crippen molar-refractivity contribution in [2.24, 2.45) is 0 Å². The number of pyridine rings is 2. The first-order valence-electron chi connectivity index (χ1n) is 7.56. The third-order valence-electron chi connectivity index (χ3n) is 3.70. The van der Waals surface area contributed by atoms with E-state index in [1.165, 1.54) is 18.3 Å². The number of nitrogens with zero attached hydrogens (tertiary/aromatic N) is 2. The van der Waals surface area contributed by atoms with Crippen LogP contribution in [0.2, 0.25) is 0 Å². The molecule has 0 spiro atoms. The molecule has 4 nitrogen and oxygen atoms in total. The third-order valence-corrected chi connectivity index (χ3v) is 3.70. The highest BCUT2D eigenvalue weighted by Gasteiger charge is 2.12. The predicted molar refractivity (Wildman–Crippen MR) is 89.7 cm³/mol. The Bertz CT molecular complexity index is 817. The van der Waals surface area contributed by atoms with Gasteiger partial charge in [-0.15, -0.1) is 0 Å². The van der Waals surface area contributed by atoms with Crippen molar-refractivity contribution >= 4 is 5.91 Å². The van der Waals surface area contributed by atoms with E-state index in [1.807, 2.05) is 19.1 Å². The number of amides is 1. The van der Waals surface area contributed by atoms with Crippen LogP contribution in [0.4, 0.5) is 4.39 Å². The summed E-state index contributed by atoms with van der Waals surface area (Å²) in [5, 5.41) is 2.88. The van der Waals surface area contributed by atoms with Gasteiger partial charge in [-0.25, -0.2) is 4.39 Å². The minimum Gasteiger partial charge on any atom is -0.345 e. The molecule has 1 aromatic carbocycles. The lowest BCUT2D eigenvalue weighted by Gasteiger charge is -2.14. The van der Waals surface area contributed by atoms with Gasteiger partial charge in [0, 0.05) is 24.2 Å². The second-order valence-electron chi connectivity index (χ2n) is 5.42. The van der Waals surface area contributed by atoms with Crippen LogP contribution in [0, 0.1) is 5.82 Å². The summed E-state index contributed by atoms with van der Waals surface area (Å²) in [5.41, 5.74) is 2.96. The molecule has 0 fully saturated rings. The second-order valence-corrected chi connectivity index (χ2v) is 5.42. The molecule has 5 heteroatoms. The zero-order valence-corrected chi connectivity index (χ0v) is 13.1. The number of hydrogen-bond acceptors (Lipinski definition) is 3. The van der Waals surface area contributed by atoms with Gasteiger partial charge in [-0.05, 0) is 48.9 Å². The van der Waals surface area contributed by atoms with Crippen molar-refractivity contribution in [3.8, 4) is 11.3 Å². The van der Waals surface area contributed by atoms with Crippen LogP contribution < -0.4 is 5.32 Å². The van der Waals surface area contributed by atoms with Crippen LogP contribution in [0.15, 0.2) is 67.1 Å². The maximum atomic E-state index is 13.0. The molecule has 1 N–H and O–H groups in total. The molecule has 0 radical (unpaired) electrons. The van der Waals surface area contributed by atoms with E-state index in [-0.39, 0.29) is 17.8 Å². The molecule has 2 aromatic heterocycles. The lowest BCUT2D eigenvalue weighted by molar-refractivity contribution is 0.0939. The molecule has 24 heavy (non-hydrogen) atoms. The fraction of sp³-hybridized carbons (Fsp3) is 0.105. The Morgan fingerprint density at radius 1 is 1.08 bits per heavy atom. The van der Waals surface area contributed by atoms with E-state index in [4.69, 9.17) is 0 Å². The van der Waals surface area contributed by atoms with Crippen LogP contribution in [0.25, 0.3) is 11.3 Å². The first-order valence-corrected chi connectivity index (χ1v) is 7.56. The molecule has 120 valence electrons. The van der Waals surface area contributed by atoms with E-state index >= 15 is 0 Å². The number of nitrogens with one attached hydrogen (secondary N) is 1. The molecule has 2 heterocycles. The van der Waals surface area contributed by atoms with Crippen molar-refractivity contribution in [2.75, 3.05) is 0 Å². The van der Waals surface area contributed by atoms with E-state index in [0.29, 0.717) is 5.56 Å². The molecule has 0 bridgehead atoms. The number of benzene rings is 1. The van der Waals surface area contributed by atoms with Gasteiger partial charge >= 0.3 is 0 Å². The van der Waals surface area contributed by atoms with Crippen molar-refractivity contribution < 1.29 is 9.18 Å². The van der Waals surface area contributed by atoms with Crippen molar-refractivity contribution in [1.82, 2.24) is 15.3 Å². The molecule has 0 aliphatic rings. The Balaban J connectivity index is 1.70. The first-order chi connectivity index (χ1) is 11.6. The SMILES string of the molecule is CC(NC(=O)c1ccc(-c2cccnc2)nc1)c1ccc(F)cc1. The topological polar surface area (TPSA) is 54.9 Å². The first kappa shape index (κ1) is 15.8. The van der Waals surface area contributed by atoms with Crippen molar-refractivity contribution in [3.05, 3.63) is 84.1 Å². The van der Waals surface area contributed by atoms with E-state index in [0.717, 1.165) is 16.8 Å². The molecule has 1 amide bonds. The number of carbonyl (C=O) groups excluding carboxylic acids is 1. The smallest absolute Gasteiger partial charge is 0.253 e. The Morgan fingerprint density at radius 3 is 2.50 bits per heavy atom. The minimum absolute atomic E-state index is 0.225. The highest BCUT2D eigenvalue weighted by atomic mass is 19.1. The van der Waals surface area contributed by atoms with E-state index in [1.54, 1.807) is 36.7 Å². The summed E-state index contributed by atoms with van der Waals surface area (Å²) in [6.45, 7) is 1.85. The number of rotatable bonds is 4. The zero-order chi connectivity index (χ0) is 16.9. The Kier molecular flexibility index (Phi) is 4.61. The zero-order valence-electron chi connectivity index (χ0n) is 13.1. The number of halogens is 1. The van der Waals surface area contributed by atoms with Gasteiger partial charge in [0.15, 0.2) is 0 Å². The molecule has 3 aromatic rings. The lowest BCUT2D eigenvalue weighted by Crippen LogP contribution is -2.26. The van der Waals surface area contributed by atoms with Gasteiger partial charge in [-0.1, -0.05) is 12.1 Å². The molecule has 1 unspecified atom stereocenters. The Hall–Kier alpha value is -3.08. The molecular weight excluding hydrogens is 305 g/mol. The second kappa shape index (κ2) is 7.00. The van der Waals surface area contributed by atoms with Crippen LogP contribution in [-0.2, 0) is 0 Å². The summed E-state index contributed by atoms with van der Waals surface area (Å²) >= 11 is 0. The van der Waals surface area contributed by atoms with Gasteiger partial charge in [0.1, 0.15) is 5.82 Å². The fourth-order valence-corrected chi connectivity index (χ4v) is 2.33. The standard InChI is InChI=1S/C19H16FN3O/c1-13(14-4-7-17(20)8-5-14)23-19(24)16-6-9-18(22-12-16)15-3-2-10-21-11-15/h2-13H,1H3,(H,23,24). The minimum atomic E-state index is -0.299. The van der Waals surface area contributed by atoms with Gasteiger partial charge < -0.3 is 5.32 Å². The molecule has 1 atom stereocenters. The summed E-state index contributed by atoms with van der Waals surface area (Å²) in [5.74, 6) is -0.524. The Morgan fingerprint density at radius 2 is 1.88 bits per heavy atom. The van der Waals surface area contributed by atoms with Crippen molar-refractivity contribution in [1.29, 1.82) is 0 Å². The summed E-state index contributed by atoms with van der Waals surface area (Å²) < 4.78 is 13.0. The van der Waals surface area contributed by atoms with Gasteiger partial charge in [0.05, 0.1) is 17.3 Å². The Labute approximate surface area is 139 Å². The third kappa shape index (κ3) is 3.63. The van der Waals surface area contributed by atoms with E-state index in [2.05, 4.69) is 15.3 Å². The van der Waals surface area contributed by atoms with E-state index in [9.17, 15) is 9.18 Å². The normalized spacial score (nSPS) is 11.8. The molecule has 3 rings (SSSR count). The van der Waals surface area contributed by atoms with Gasteiger partial charge in [0.25, 0.3) is 5.91 Å². The predicted octanol–water partition coefficient (Wildman–Crippen LogP) is 3.77. The maximum Gasteiger partial charge on any atom is 0.253 e. The van der Waals surface area contributed by atoms with Gasteiger partial charge in [0.2, 0.25) is 0 Å². The molecule has 0 aliphatic carbocycles. The fourth-order valence-electron chi connectivity index (χ4n) is 2.33. The lowest BCUT2D eigenvalue weighted by atomic mass is 10.1. The highest BCUT2D eigenvalue weighted by molar-refractivity contribution is 5.94. The van der Waals surface area contributed by atoms with Crippen LogP contribution in [0.5, 0.6) is 0 Å². The van der Waals surface area contributed by atoms with E-state index < -0.39 is 0 Å².